The van der Waals surface area contributed by atoms with Crippen LogP contribution >= 0.6 is 23.2 Å². The summed E-state index contributed by atoms with van der Waals surface area (Å²) < 4.78 is 4.31. The molecule has 0 aromatic rings. The standard InChI is InChI=1S/C4H5Cl2NO3/c5-1-2-10-4(9)7-3(6)8/h1-2H2,(H,7,8,9). The van der Waals surface area contributed by atoms with Crippen molar-refractivity contribution < 1.29 is 14.3 Å². The van der Waals surface area contributed by atoms with E-state index in [0.29, 0.717) is 0 Å². The Labute approximate surface area is 67.4 Å². The summed E-state index contributed by atoms with van der Waals surface area (Å²) in [6.45, 7) is 0.0531. The Morgan fingerprint density at radius 3 is 2.50 bits per heavy atom. The average Bonchev–Trinajstić information content (AvgIpc) is 1.82. The molecule has 0 unspecified atom stereocenters. The van der Waals surface area contributed by atoms with Crippen molar-refractivity contribution in [1.82, 2.24) is 5.32 Å². The Morgan fingerprint density at radius 1 is 1.50 bits per heavy atom. The predicted octanol–water partition coefficient (Wildman–Crippen LogP) is 1.31. The van der Waals surface area contributed by atoms with Crippen LogP contribution in [0.2, 0.25) is 0 Å². The second-order valence-corrected chi connectivity index (χ2v) is 1.94. The molecular formula is C4H5Cl2NO3. The summed E-state index contributed by atoms with van der Waals surface area (Å²) in [4.78, 5) is 20.3. The molecule has 0 aliphatic rings. The Bertz CT molecular complexity index is 138. The summed E-state index contributed by atoms with van der Waals surface area (Å²) >= 11 is 9.93. The molecule has 0 rings (SSSR count). The number of rotatable bonds is 2. The molecule has 0 aromatic heterocycles. The van der Waals surface area contributed by atoms with Crippen molar-refractivity contribution in [3.63, 3.8) is 0 Å². The number of ether oxygens (including phenoxy) is 1. The number of alkyl halides is 1. The first-order valence-corrected chi connectivity index (χ1v) is 3.27. The molecule has 2 amide bonds. The molecule has 0 heterocycles. The van der Waals surface area contributed by atoms with Gasteiger partial charge in [0.05, 0.1) is 5.88 Å². The molecule has 0 fully saturated rings. The predicted molar refractivity (Wildman–Crippen MR) is 36.5 cm³/mol. The number of carbonyl (C=O) groups is 2. The number of hydrogen-bond acceptors (Lipinski definition) is 3. The molecule has 0 atom stereocenters. The minimum absolute atomic E-state index is 0.0531. The van der Waals surface area contributed by atoms with Crippen molar-refractivity contribution >= 4 is 34.7 Å². The fraction of sp³-hybridized carbons (Fsp3) is 0.500. The second-order valence-electron chi connectivity index (χ2n) is 1.22. The quantitative estimate of drug-likeness (QED) is 0.401. The Balaban J connectivity index is 3.35. The van der Waals surface area contributed by atoms with Crippen LogP contribution in [0, 0.1) is 0 Å². The maximum Gasteiger partial charge on any atom is 0.414 e. The van der Waals surface area contributed by atoms with Crippen LogP contribution in [0.1, 0.15) is 0 Å². The molecule has 1 N–H and O–H groups in total. The summed E-state index contributed by atoms with van der Waals surface area (Å²) in [6.07, 6.45) is -0.888. The lowest BCUT2D eigenvalue weighted by Crippen LogP contribution is -2.26. The normalized spacial score (nSPS) is 8.60. The van der Waals surface area contributed by atoms with Crippen LogP contribution in [0.25, 0.3) is 0 Å². The van der Waals surface area contributed by atoms with E-state index in [9.17, 15) is 9.59 Å². The van der Waals surface area contributed by atoms with Gasteiger partial charge in [0.15, 0.2) is 0 Å². The van der Waals surface area contributed by atoms with E-state index in [1.54, 1.807) is 5.32 Å². The molecule has 0 aliphatic carbocycles. The zero-order valence-corrected chi connectivity index (χ0v) is 6.41. The summed E-state index contributed by atoms with van der Waals surface area (Å²) in [5.41, 5.74) is 0. The number of imide groups is 1. The van der Waals surface area contributed by atoms with Gasteiger partial charge in [0.1, 0.15) is 6.61 Å². The number of amides is 2. The molecular weight excluding hydrogens is 181 g/mol. The maximum atomic E-state index is 10.3. The van der Waals surface area contributed by atoms with Gasteiger partial charge in [0.2, 0.25) is 0 Å². The average molecular weight is 186 g/mol. The van der Waals surface area contributed by atoms with Crippen molar-refractivity contribution in [3.05, 3.63) is 0 Å². The van der Waals surface area contributed by atoms with Crippen LogP contribution in [-0.2, 0) is 4.74 Å². The molecule has 0 bridgehead atoms. The van der Waals surface area contributed by atoms with Crippen LogP contribution in [0.4, 0.5) is 9.59 Å². The van der Waals surface area contributed by atoms with E-state index < -0.39 is 11.5 Å². The van der Waals surface area contributed by atoms with Crippen LogP contribution in [0.15, 0.2) is 0 Å². The fourth-order valence-electron chi connectivity index (χ4n) is 0.248. The minimum Gasteiger partial charge on any atom is -0.448 e. The second kappa shape index (κ2) is 5.32. The number of carbonyl (C=O) groups excluding carboxylic acids is 2. The van der Waals surface area contributed by atoms with Crippen LogP contribution in [0.3, 0.4) is 0 Å². The monoisotopic (exact) mass is 185 g/mol. The Hall–Kier alpha value is -0.480. The number of nitrogens with one attached hydrogen (secondary N) is 1. The van der Waals surface area contributed by atoms with E-state index in [0.717, 1.165) is 0 Å². The molecule has 0 radical (unpaired) electrons. The lowest BCUT2D eigenvalue weighted by molar-refractivity contribution is 0.155. The van der Waals surface area contributed by atoms with Crippen molar-refractivity contribution in [1.29, 1.82) is 0 Å². The SMILES string of the molecule is O=C(Cl)NC(=O)OCCCl. The zero-order chi connectivity index (χ0) is 7.98. The van der Waals surface area contributed by atoms with Crippen LogP contribution < -0.4 is 5.32 Å². The number of halogens is 2. The van der Waals surface area contributed by atoms with E-state index in [2.05, 4.69) is 4.74 Å². The van der Waals surface area contributed by atoms with Gasteiger partial charge in [-0.3, -0.25) is 4.79 Å². The highest BCUT2D eigenvalue weighted by Gasteiger charge is 2.03. The smallest absolute Gasteiger partial charge is 0.414 e. The molecule has 0 saturated carbocycles. The molecule has 0 spiro atoms. The first kappa shape index (κ1) is 9.52. The molecule has 0 saturated heterocycles. The van der Waals surface area contributed by atoms with E-state index in [1.165, 1.54) is 0 Å². The summed E-state index contributed by atoms with van der Waals surface area (Å²) in [6, 6.07) is 0. The largest absolute Gasteiger partial charge is 0.448 e. The summed E-state index contributed by atoms with van der Waals surface area (Å²) in [5, 5.41) is 0.712. The van der Waals surface area contributed by atoms with Gasteiger partial charge in [0.25, 0.3) is 0 Å². The van der Waals surface area contributed by atoms with Gasteiger partial charge >= 0.3 is 11.5 Å². The zero-order valence-electron chi connectivity index (χ0n) is 4.89. The molecule has 6 heteroatoms. The molecule has 0 aliphatic heterocycles. The third kappa shape index (κ3) is 5.65. The lowest BCUT2D eigenvalue weighted by atomic mass is 10.8. The van der Waals surface area contributed by atoms with Crippen molar-refractivity contribution in [2.75, 3.05) is 12.5 Å². The topological polar surface area (TPSA) is 55.4 Å². The first-order valence-electron chi connectivity index (χ1n) is 2.36. The van der Waals surface area contributed by atoms with Gasteiger partial charge in [-0.1, -0.05) is 0 Å². The number of hydrogen-bond donors (Lipinski definition) is 1. The van der Waals surface area contributed by atoms with Crippen LogP contribution in [-0.4, -0.2) is 23.9 Å². The summed E-state index contributed by atoms with van der Waals surface area (Å²) in [7, 11) is 0. The first-order chi connectivity index (χ1) is 4.66. The Morgan fingerprint density at radius 2 is 2.10 bits per heavy atom. The van der Waals surface area contributed by atoms with Crippen molar-refractivity contribution in [2.45, 2.75) is 0 Å². The number of alkyl carbamates (subject to hydrolysis) is 1. The van der Waals surface area contributed by atoms with Crippen molar-refractivity contribution in [2.24, 2.45) is 0 Å². The van der Waals surface area contributed by atoms with Gasteiger partial charge < -0.3 is 4.74 Å². The van der Waals surface area contributed by atoms with E-state index in [4.69, 9.17) is 23.2 Å². The minimum atomic E-state index is -0.973. The third-order valence-electron chi connectivity index (χ3n) is 0.511. The maximum absolute atomic E-state index is 10.3. The molecule has 4 nitrogen and oxygen atoms in total. The van der Waals surface area contributed by atoms with Crippen LogP contribution in [0.5, 0.6) is 0 Å². The molecule has 0 aromatic carbocycles. The highest BCUT2D eigenvalue weighted by molar-refractivity contribution is 6.64. The molecule has 10 heavy (non-hydrogen) atoms. The summed E-state index contributed by atoms with van der Waals surface area (Å²) in [5.74, 6) is 0.184. The fourth-order valence-corrected chi connectivity index (χ4v) is 0.402. The highest BCUT2D eigenvalue weighted by Crippen LogP contribution is 1.83. The van der Waals surface area contributed by atoms with E-state index in [-0.39, 0.29) is 12.5 Å². The van der Waals surface area contributed by atoms with Gasteiger partial charge in [-0.05, 0) is 11.6 Å². The van der Waals surface area contributed by atoms with Crippen molar-refractivity contribution in [3.8, 4) is 0 Å². The van der Waals surface area contributed by atoms with Gasteiger partial charge in [-0.2, -0.15) is 0 Å². The highest BCUT2D eigenvalue weighted by atomic mass is 35.5. The van der Waals surface area contributed by atoms with E-state index >= 15 is 0 Å². The van der Waals surface area contributed by atoms with Gasteiger partial charge in [-0.15, -0.1) is 11.6 Å². The van der Waals surface area contributed by atoms with Gasteiger partial charge in [0, 0.05) is 0 Å². The Kier molecular flexibility index (Phi) is 5.06. The molecule has 58 valence electrons. The third-order valence-corrected chi connectivity index (χ3v) is 0.759. The van der Waals surface area contributed by atoms with Gasteiger partial charge in [-0.25, -0.2) is 10.1 Å². The van der Waals surface area contributed by atoms with E-state index in [1.807, 2.05) is 0 Å². The lowest BCUT2D eigenvalue weighted by Gasteiger charge is -1.99.